The Morgan fingerprint density at radius 2 is 1.79 bits per heavy atom. The van der Waals surface area contributed by atoms with E-state index in [9.17, 15) is 9.59 Å². The van der Waals surface area contributed by atoms with Gasteiger partial charge in [0.15, 0.2) is 6.10 Å². The molecule has 0 radical (unpaired) electrons. The molecule has 2 aromatic carbocycles. The maximum atomic E-state index is 12.3. The van der Waals surface area contributed by atoms with E-state index in [0.717, 1.165) is 0 Å². The Morgan fingerprint density at radius 1 is 1.12 bits per heavy atom. The van der Waals surface area contributed by atoms with Gasteiger partial charge in [-0.3, -0.25) is 4.79 Å². The molecule has 1 amide bonds. The molecular formula is C18H18BrNO4. The minimum Gasteiger partial charge on any atom is -0.492 e. The third kappa shape index (κ3) is 4.58. The molecule has 1 unspecified atom stereocenters. The van der Waals surface area contributed by atoms with Gasteiger partial charge < -0.3 is 14.8 Å². The first kappa shape index (κ1) is 18.0. The van der Waals surface area contributed by atoms with Crippen LogP contribution < -0.4 is 10.1 Å². The third-order valence-corrected chi connectivity index (χ3v) is 3.88. The van der Waals surface area contributed by atoms with E-state index in [2.05, 4.69) is 21.2 Å². The molecule has 0 aromatic heterocycles. The first-order valence-electron chi connectivity index (χ1n) is 7.51. The predicted molar refractivity (Wildman–Crippen MR) is 95.3 cm³/mol. The van der Waals surface area contributed by atoms with Crippen molar-refractivity contribution in [2.45, 2.75) is 20.0 Å². The van der Waals surface area contributed by atoms with Crippen LogP contribution in [-0.2, 0) is 9.53 Å². The van der Waals surface area contributed by atoms with Crippen LogP contribution in [0.1, 0.15) is 24.2 Å². The summed E-state index contributed by atoms with van der Waals surface area (Å²) in [6, 6.07) is 14.0. The van der Waals surface area contributed by atoms with Crippen molar-refractivity contribution in [2.24, 2.45) is 0 Å². The number of esters is 1. The van der Waals surface area contributed by atoms with E-state index >= 15 is 0 Å². The molecule has 0 bridgehead atoms. The van der Waals surface area contributed by atoms with Gasteiger partial charge in [0.2, 0.25) is 0 Å². The fourth-order valence-electron chi connectivity index (χ4n) is 1.99. The summed E-state index contributed by atoms with van der Waals surface area (Å²) in [7, 11) is 0. The highest BCUT2D eigenvalue weighted by Gasteiger charge is 2.21. The second-order valence-electron chi connectivity index (χ2n) is 4.95. The lowest BCUT2D eigenvalue weighted by Gasteiger charge is -2.16. The van der Waals surface area contributed by atoms with Crippen LogP contribution in [0, 0.1) is 0 Å². The zero-order valence-corrected chi connectivity index (χ0v) is 15.0. The van der Waals surface area contributed by atoms with Crippen molar-refractivity contribution in [1.82, 2.24) is 0 Å². The summed E-state index contributed by atoms with van der Waals surface area (Å²) >= 11 is 3.29. The number of para-hydroxylation sites is 2. The van der Waals surface area contributed by atoms with Gasteiger partial charge in [-0.2, -0.15) is 0 Å². The van der Waals surface area contributed by atoms with Gasteiger partial charge in [0.25, 0.3) is 5.91 Å². The van der Waals surface area contributed by atoms with Crippen molar-refractivity contribution < 1.29 is 19.1 Å². The largest absolute Gasteiger partial charge is 0.492 e. The molecule has 2 aromatic rings. The number of ether oxygens (including phenoxy) is 2. The zero-order valence-electron chi connectivity index (χ0n) is 13.4. The molecule has 0 heterocycles. The summed E-state index contributed by atoms with van der Waals surface area (Å²) in [6.07, 6.45) is -0.945. The minimum atomic E-state index is -0.945. The van der Waals surface area contributed by atoms with Gasteiger partial charge in [-0.1, -0.05) is 24.3 Å². The van der Waals surface area contributed by atoms with Crippen LogP contribution in [0.15, 0.2) is 53.0 Å². The molecule has 0 aliphatic rings. The normalized spacial score (nSPS) is 11.5. The van der Waals surface area contributed by atoms with Gasteiger partial charge in [0, 0.05) is 4.47 Å². The molecule has 0 saturated heterocycles. The molecule has 0 aliphatic carbocycles. The van der Waals surface area contributed by atoms with Crippen LogP contribution in [0.25, 0.3) is 0 Å². The van der Waals surface area contributed by atoms with Crippen molar-refractivity contribution in [1.29, 1.82) is 0 Å². The van der Waals surface area contributed by atoms with Crippen LogP contribution in [0.2, 0.25) is 0 Å². The van der Waals surface area contributed by atoms with Gasteiger partial charge >= 0.3 is 5.97 Å². The number of rotatable bonds is 6. The lowest BCUT2D eigenvalue weighted by atomic mass is 10.2. The third-order valence-electron chi connectivity index (χ3n) is 3.19. The molecule has 0 aliphatic heterocycles. The Bertz CT molecular complexity index is 732. The van der Waals surface area contributed by atoms with Gasteiger partial charge in [0.05, 0.1) is 17.9 Å². The summed E-state index contributed by atoms with van der Waals surface area (Å²) in [5, 5.41) is 2.71. The van der Waals surface area contributed by atoms with Crippen LogP contribution in [0.3, 0.4) is 0 Å². The number of anilines is 1. The average Bonchev–Trinajstić information content (AvgIpc) is 2.57. The van der Waals surface area contributed by atoms with Gasteiger partial charge in [0.1, 0.15) is 5.75 Å². The number of nitrogens with one attached hydrogen (secondary N) is 1. The number of carbonyl (C=O) groups excluding carboxylic acids is 2. The maximum absolute atomic E-state index is 12.3. The first-order valence-corrected chi connectivity index (χ1v) is 8.30. The fourth-order valence-corrected chi connectivity index (χ4v) is 2.44. The summed E-state index contributed by atoms with van der Waals surface area (Å²) in [6.45, 7) is 3.87. The molecular weight excluding hydrogens is 374 g/mol. The lowest BCUT2D eigenvalue weighted by Crippen LogP contribution is -2.30. The average molecular weight is 392 g/mol. The SMILES string of the molecule is CCOc1ccccc1NC(=O)C(C)OC(=O)c1ccccc1Br. The Hall–Kier alpha value is -2.34. The Balaban J connectivity index is 2.03. The number of hydrogen-bond acceptors (Lipinski definition) is 4. The minimum absolute atomic E-state index is 0.367. The molecule has 2 rings (SSSR count). The quantitative estimate of drug-likeness (QED) is 0.754. The number of hydrogen-bond donors (Lipinski definition) is 1. The van der Waals surface area contributed by atoms with Crippen molar-refractivity contribution in [3.63, 3.8) is 0 Å². The molecule has 0 spiro atoms. The highest BCUT2D eigenvalue weighted by molar-refractivity contribution is 9.10. The van der Waals surface area contributed by atoms with E-state index in [4.69, 9.17) is 9.47 Å². The van der Waals surface area contributed by atoms with Crippen molar-refractivity contribution in [3.8, 4) is 5.75 Å². The van der Waals surface area contributed by atoms with Crippen LogP contribution in [0.4, 0.5) is 5.69 Å². The number of carbonyl (C=O) groups is 2. The molecule has 126 valence electrons. The van der Waals surface area contributed by atoms with E-state index in [1.807, 2.05) is 13.0 Å². The Labute approximate surface area is 149 Å². The molecule has 0 fully saturated rings. The highest BCUT2D eigenvalue weighted by Crippen LogP contribution is 2.24. The second-order valence-corrected chi connectivity index (χ2v) is 5.80. The molecule has 5 nitrogen and oxygen atoms in total. The number of amides is 1. The standard InChI is InChI=1S/C18H18BrNO4/c1-3-23-16-11-7-6-10-15(16)20-17(21)12(2)24-18(22)13-8-4-5-9-14(13)19/h4-12H,3H2,1-2H3,(H,20,21). The summed E-state index contributed by atoms with van der Waals surface area (Å²) < 4.78 is 11.3. The van der Waals surface area contributed by atoms with Crippen molar-refractivity contribution in [3.05, 3.63) is 58.6 Å². The number of halogens is 1. The van der Waals surface area contributed by atoms with Crippen molar-refractivity contribution >= 4 is 33.5 Å². The molecule has 1 atom stereocenters. The van der Waals surface area contributed by atoms with Gasteiger partial charge in [-0.05, 0) is 54.0 Å². The zero-order chi connectivity index (χ0) is 17.5. The van der Waals surface area contributed by atoms with Crippen LogP contribution in [0.5, 0.6) is 5.75 Å². The van der Waals surface area contributed by atoms with E-state index in [0.29, 0.717) is 28.1 Å². The van der Waals surface area contributed by atoms with Gasteiger partial charge in [-0.15, -0.1) is 0 Å². The van der Waals surface area contributed by atoms with Crippen LogP contribution in [-0.4, -0.2) is 24.6 Å². The van der Waals surface area contributed by atoms with E-state index in [1.165, 1.54) is 6.92 Å². The lowest BCUT2D eigenvalue weighted by molar-refractivity contribution is -0.123. The Morgan fingerprint density at radius 3 is 2.50 bits per heavy atom. The molecule has 24 heavy (non-hydrogen) atoms. The topological polar surface area (TPSA) is 64.6 Å². The summed E-state index contributed by atoms with van der Waals surface area (Å²) in [5.41, 5.74) is 0.903. The van der Waals surface area contributed by atoms with E-state index < -0.39 is 18.0 Å². The maximum Gasteiger partial charge on any atom is 0.340 e. The fraction of sp³-hybridized carbons (Fsp3) is 0.222. The number of benzene rings is 2. The van der Waals surface area contributed by atoms with Gasteiger partial charge in [-0.25, -0.2) is 4.79 Å². The summed E-state index contributed by atoms with van der Waals surface area (Å²) in [4.78, 5) is 24.4. The van der Waals surface area contributed by atoms with E-state index in [1.54, 1.807) is 42.5 Å². The van der Waals surface area contributed by atoms with E-state index in [-0.39, 0.29) is 0 Å². The molecule has 6 heteroatoms. The second kappa shape index (κ2) is 8.49. The van der Waals surface area contributed by atoms with Crippen molar-refractivity contribution in [2.75, 3.05) is 11.9 Å². The Kier molecular flexibility index (Phi) is 6.37. The van der Waals surface area contributed by atoms with Crippen LogP contribution >= 0.6 is 15.9 Å². The smallest absolute Gasteiger partial charge is 0.340 e. The molecule has 1 N–H and O–H groups in total. The first-order chi connectivity index (χ1) is 11.5. The predicted octanol–water partition coefficient (Wildman–Crippen LogP) is 4.03. The summed E-state index contributed by atoms with van der Waals surface area (Å²) in [5.74, 6) is -0.427. The monoisotopic (exact) mass is 391 g/mol. The highest BCUT2D eigenvalue weighted by atomic mass is 79.9. The molecule has 0 saturated carbocycles.